The minimum absolute atomic E-state index is 0.134. The van der Waals surface area contributed by atoms with E-state index in [1.807, 2.05) is 0 Å². The molecule has 0 spiro atoms. The summed E-state index contributed by atoms with van der Waals surface area (Å²) >= 11 is 19.5. The van der Waals surface area contributed by atoms with E-state index in [9.17, 15) is 9.59 Å². The lowest BCUT2D eigenvalue weighted by Crippen LogP contribution is -2.20. The van der Waals surface area contributed by atoms with Crippen LogP contribution in [0.2, 0.25) is 15.1 Å². The van der Waals surface area contributed by atoms with Crippen LogP contribution in [0, 0.1) is 0 Å². The predicted molar refractivity (Wildman–Crippen MR) is 108 cm³/mol. The Morgan fingerprint density at radius 1 is 1.11 bits per heavy atom. The van der Waals surface area contributed by atoms with Crippen molar-refractivity contribution < 1.29 is 23.8 Å². The third-order valence-corrected chi connectivity index (χ3v) is 5.95. The van der Waals surface area contributed by atoms with Crippen LogP contribution in [0.5, 0.6) is 11.5 Å². The Labute approximate surface area is 177 Å². The molecule has 1 N–H and O–H groups in total. The number of esters is 1. The standard InChI is InChI=1S/C18H10Cl3NO5S/c19-8-3-10(20)15-13(4-8)28-17(16(15)21)18(24)25-6-14(23)22-9-1-2-11-12(5-9)27-7-26-11/h1-5H,6-7H2,(H,22,23). The molecule has 6 nitrogen and oxygen atoms in total. The van der Waals surface area contributed by atoms with Crippen LogP contribution in [0.4, 0.5) is 5.69 Å². The number of amides is 1. The molecule has 2 heterocycles. The summed E-state index contributed by atoms with van der Waals surface area (Å²) < 4.78 is 16.2. The maximum atomic E-state index is 12.4. The number of anilines is 1. The first-order valence-corrected chi connectivity index (χ1v) is 9.81. The number of nitrogens with one attached hydrogen (secondary N) is 1. The van der Waals surface area contributed by atoms with E-state index in [0.717, 1.165) is 11.3 Å². The second kappa shape index (κ2) is 7.67. The molecule has 144 valence electrons. The van der Waals surface area contributed by atoms with Crippen LogP contribution in [0.25, 0.3) is 10.1 Å². The van der Waals surface area contributed by atoms with Gasteiger partial charge in [-0.1, -0.05) is 34.8 Å². The Morgan fingerprint density at radius 2 is 1.89 bits per heavy atom. The third-order valence-electron chi connectivity index (χ3n) is 3.83. The number of hydrogen-bond donors (Lipinski definition) is 1. The van der Waals surface area contributed by atoms with E-state index >= 15 is 0 Å². The number of carbonyl (C=O) groups is 2. The first kappa shape index (κ1) is 19.1. The summed E-state index contributed by atoms with van der Waals surface area (Å²) in [7, 11) is 0. The molecule has 28 heavy (non-hydrogen) atoms. The van der Waals surface area contributed by atoms with Crippen molar-refractivity contribution in [1.29, 1.82) is 0 Å². The van der Waals surface area contributed by atoms with Gasteiger partial charge in [0.05, 0.1) is 10.0 Å². The highest BCUT2D eigenvalue weighted by Crippen LogP contribution is 2.41. The average Bonchev–Trinajstić information content (AvgIpc) is 3.23. The molecule has 3 aromatic rings. The first-order chi connectivity index (χ1) is 13.4. The molecule has 0 fully saturated rings. The molecule has 4 rings (SSSR count). The van der Waals surface area contributed by atoms with Gasteiger partial charge in [0, 0.05) is 26.9 Å². The molecule has 0 radical (unpaired) electrons. The molecule has 1 aliphatic rings. The number of rotatable bonds is 4. The van der Waals surface area contributed by atoms with Crippen LogP contribution in [-0.2, 0) is 9.53 Å². The molecule has 1 amide bonds. The van der Waals surface area contributed by atoms with Gasteiger partial charge >= 0.3 is 5.97 Å². The smallest absolute Gasteiger partial charge is 0.350 e. The Kier molecular flexibility index (Phi) is 5.25. The summed E-state index contributed by atoms with van der Waals surface area (Å²) in [5.74, 6) is -0.102. The van der Waals surface area contributed by atoms with Crippen LogP contribution < -0.4 is 14.8 Å². The molecule has 0 saturated heterocycles. The van der Waals surface area contributed by atoms with E-state index in [-0.39, 0.29) is 16.7 Å². The Balaban J connectivity index is 1.43. The molecule has 1 aromatic heterocycles. The summed E-state index contributed by atoms with van der Waals surface area (Å²) in [6.45, 7) is -0.345. The number of hydrogen-bond acceptors (Lipinski definition) is 6. The van der Waals surface area contributed by atoms with Crippen LogP contribution in [-0.4, -0.2) is 25.3 Å². The highest BCUT2D eigenvalue weighted by atomic mass is 35.5. The average molecular weight is 459 g/mol. The van der Waals surface area contributed by atoms with Crippen molar-refractivity contribution in [2.45, 2.75) is 0 Å². The van der Waals surface area contributed by atoms with Gasteiger partial charge in [-0.25, -0.2) is 4.79 Å². The highest BCUT2D eigenvalue weighted by Gasteiger charge is 2.22. The summed E-state index contributed by atoms with van der Waals surface area (Å²) in [4.78, 5) is 24.6. The third kappa shape index (κ3) is 3.71. The maximum absolute atomic E-state index is 12.4. The minimum atomic E-state index is -0.723. The maximum Gasteiger partial charge on any atom is 0.350 e. The summed E-state index contributed by atoms with van der Waals surface area (Å²) in [5, 5.41) is 4.07. The van der Waals surface area contributed by atoms with Crippen molar-refractivity contribution in [1.82, 2.24) is 0 Å². The number of fused-ring (bicyclic) bond motifs is 2. The van der Waals surface area contributed by atoms with Crippen molar-refractivity contribution in [3.63, 3.8) is 0 Å². The topological polar surface area (TPSA) is 73.9 Å². The molecule has 1 aliphatic heterocycles. The van der Waals surface area contributed by atoms with Gasteiger partial charge in [-0.2, -0.15) is 0 Å². The Hall–Kier alpha value is -2.19. The lowest BCUT2D eigenvalue weighted by Gasteiger charge is -2.07. The van der Waals surface area contributed by atoms with E-state index in [0.29, 0.717) is 37.3 Å². The summed E-state index contributed by atoms with van der Waals surface area (Å²) in [6, 6.07) is 8.15. The van der Waals surface area contributed by atoms with Crippen LogP contribution >= 0.6 is 46.1 Å². The van der Waals surface area contributed by atoms with Crippen LogP contribution in [0.3, 0.4) is 0 Å². The zero-order valence-corrected chi connectivity index (χ0v) is 17.0. The number of carbonyl (C=O) groups excluding carboxylic acids is 2. The molecular formula is C18H10Cl3NO5S. The van der Waals surface area contributed by atoms with Crippen molar-refractivity contribution in [3.05, 3.63) is 50.3 Å². The molecule has 0 aliphatic carbocycles. The fourth-order valence-electron chi connectivity index (χ4n) is 2.61. The molecule has 10 heteroatoms. The van der Waals surface area contributed by atoms with Crippen LogP contribution in [0.1, 0.15) is 9.67 Å². The number of ether oxygens (including phenoxy) is 3. The Bertz CT molecular complexity index is 1110. The second-order valence-corrected chi connectivity index (χ2v) is 7.97. The van der Waals surface area contributed by atoms with Crippen molar-refractivity contribution in [2.24, 2.45) is 0 Å². The van der Waals surface area contributed by atoms with Gasteiger partial charge in [0.25, 0.3) is 5.91 Å². The van der Waals surface area contributed by atoms with E-state index in [1.165, 1.54) is 6.07 Å². The number of benzene rings is 2. The quantitative estimate of drug-likeness (QED) is 0.531. The normalized spacial score (nSPS) is 12.2. The van der Waals surface area contributed by atoms with Gasteiger partial charge in [-0.05, 0) is 24.3 Å². The van der Waals surface area contributed by atoms with Crippen LogP contribution in [0.15, 0.2) is 30.3 Å². The van der Waals surface area contributed by atoms with Gasteiger partial charge in [0.2, 0.25) is 6.79 Å². The van der Waals surface area contributed by atoms with Crippen molar-refractivity contribution >= 4 is 73.8 Å². The van der Waals surface area contributed by atoms with E-state index in [2.05, 4.69) is 5.32 Å². The molecular weight excluding hydrogens is 449 g/mol. The highest BCUT2D eigenvalue weighted by molar-refractivity contribution is 7.21. The van der Waals surface area contributed by atoms with Gasteiger partial charge in [0.15, 0.2) is 18.1 Å². The summed E-state index contributed by atoms with van der Waals surface area (Å²) in [6.07, 6.45) is 0. The summed E-state index contributed by atoms with van der Waals surface area (Å²) in [5.41, 5.74) is 0.492. The zero-order chi connectivity index (χ0) is 19.8. The van der Waals surface area contributed by atoms with Gasteiger partial charge in [-0.15, -0.1) is 11.3 Å². The van der Waals surface area contributed by atoms with E-state index < -0.39 is 18.5 Å². The molecule has 0 atom stereocenters. The fraction of sp³-hybridized carbons (Fsp3) is 0.111. The lowest BCUT2D eigenvalue weighted by molar-refractivity contribution is -0.119. The second-order valence-electron chi connectivity index (χ2n) is 5.70. The van der Waals surface area contributed by atoms with Gasteiger partial charge < -0.3 is 19.5 Å². The predicted octanol–water partition coefficient (Wildman–Crippen LogP) is 5.39. The van der Waals surface area contributed by atoms with Crippen molar-refractivity contribution in [3.8, 4) is 11.5 Å². The van der Waals surface area contributed by atoms with Gasteiger partial charge in [0.1, 0.15) is 4.88 Å². The number of halogens is 3. The van der Waals surface area contributed by atoms with Gasteiger partial charge in [-0.3, -0.25) is 4.79 Å². The lowest BCUT2D eigenvalue weighted by atomic mass is 10.2. The number of thiophene rings is 1. The zero-order valence-electron chi connectivity index (χ0n) is 13.9. The molecule has 2 aromatic carbocycles. The fourth-order valence-corrected chi connectivity index (χ4v) is 4.87. The monoisotopic (exact) mass is 457 g/mol. The Morgan fingerprint density at radius 3 is 2.71 bits per heavy atom. The first-order valence-electron chi connectivity index (χ1n) is 7.86. The van der Waals surface area contributed by atoms with E-state index in [1.54, 1.807) is 24.3 Å². The van der Waals surface area contributed by atoms with Crippen molar-refractivity contribution in [2.75, 3.05) is 18.7 Å². The molecule has 0 unspecified atom stereocenters. The molecule has 0 saturated carbocycles. The largest absolute Gasteiger partial charge is 0.454 e. The van der Waals surface area contributed by atoms with E-state index in [4.69, 9.17) is 49.0 Å². The minimum Gasteiger partial charge on any atom is -0.454 e. The molecule has 0 bridgehead atoms. The SMILES string of the molecule is O=C(COC(=O)c1sc2cc(Cl)cc(Cl)c2c1Cl)Nc1ccc2c(c1)OCO2.